The van der Waals surface area contributed by atoms with E-state index < -0.39 is 0 Å². The predicted octanol–water partition coefficient (Wildman–Crippen LogP) is 4.26. The highest BCUT2D eigenvalue weighted by molar-refractivity contribution is 7.99. The molecule has 0 spiro atoms. The second-order valence-electron chi connectivity index (χ2n) is 7.68. The van der Waals surface area contributed by atoms with E-state index in [0.717, 1.165) is 17.7 Å². The summed E-state index contributed by atoms with van der Waals surface area (Å²) < 4.78 is 1.73. The molecule has 0 saturated heterocycles. The van der Waals surface area contributed by atoms with E-state index in [0.29, 0.717) is 22.9 Å². The van der Waals surface area contributed by atoms with Crippen LogP contribution >= 0.6 is 11.8 Å². The standard InChI is InChI=1S/C25H25N5O2S/c1-3-18-8-11-21(12-9-18)27-23(31)16-33-25-29-28-22-13-10-20(15-30(22)25)24(32)26-14-19-6-4-17(2)5-7-19/h4-13,15H,3,14,16H2,1-2H3,(H,26,32)(H,27,31). The highest BCUT2D eigenvalue weighted by Gasteiger charge is 2.13. The van der Waals surface area contributed by atoms with Crippen LogP contribution in [0.25, 0.3) is 5.65 Å². The minimum atomic E-state index is -0.185. The number of carbonyl (C=O) groups is 2. The van der Waals surface area contributed by atoms with E-state index in [1.807, 2.05) is 55.5 Å². The number of carbonyl (C=O) groups excluding carboxylic acids is 2. The first-order valence-corrected chi connectivity index (χ1v) is 11.7. The fraction of sp³-hybridized carbons (Fsp3) is 0.200. The molecule has 0 saturated carbocycles. The van der Waals surface area contributed by atoms with Crippen LogP contribution in [0.3, 0.4) is 0 Å². The number of amides is 2. The Balaban J connectivity index is 1.38. The summed E-state index contributed by atoms with van der Waals surface area (Å²) in [6.45, 7) is 4.56. The number of hydrogen-bond acceptors (Lipinski definition) is 5. The van der Waals surface area contributed by atoms with Crippen LogP contribution < -0.4 is 10.6 Å². The number of nitrogens with zero attached hydrogens (tertiary/aromatic N) is 3. The Bertz CT molecular complexity index is 1270. The second-order valence-corrected chi connectivity index (χ2v) is 8.63. The van der Waals surface area contributed by atoms with E-state index >= 15 is 0 Å². The van der Waals surface area contributed by atoms with Crippen LogP contribution in [0.5, 0.6) is 0 Å². The molecule has 0 aliphatic carbocycles. The molecule has 0 bridgehead atoms. The van der Waals surface area contributed by atoms with E-state index in [-0.39, 0.29) is 17.6 Å². The number of aromatic nitrogens is 3. The summed E-state index contributed by atoms with van der Waals surface area (Å²) in [7, 11) is 0. The Morgan fingerprint density at radius 3 is 2.39 bits per heavy atom. The van der Waals surface area contributed by atoms with E-state index in [1.54, 1.807) is 22.7 Å². The lowest BCUT2D eigenvalue weighted by Crippen LogP contribution is -2.23. The number of rotatable bonds is 8. The number of hydrogen-bond donors (Lipinski definition) is 2. The monoisotopic (exact) mass is 459 g/mol. The second kappa shape index (κ2) is 10.3. The molecule has 4 aromatic rings. The van der Waals surface area contributed by atoms with Crippen LogP contribution in [0.2, 0.25) is 0 Å². The summed E-state index contributed by atoms with van der Waals surface area (Å²) >= 11 is 1.27. The Kier molecular flexibility index (Phi) is 7.04. The van der Waals surface area contributed by atoms with Gasteiger partial charge in [0.05, 0.1) is 11.3 Å². The zero-order valence-electron chi connectivity index (χ0n) is 18.5. The molecule has 0 radical (unpaired) electrons. The van der Waals surface area contributed by atoms with Crippen molar-refractivity contribution in [3.8, 4) is 0 Å². The number of thioether (sulfide) groups is 1. The van der Waals surface area contributed by atoms with Crippen LogP contribution in [-0.2, 0) is 17.8 Å². The van der Waals surface area contributed by atoms with Crippen LogP contribution in [0.4, 0.5) is 5.69 Å². The lowest BCUT2D eigenvalue weighted by Gasteiger charge is -2.07. The SMILES string of the molecule is CCc1ccc(NC(=O)CSc2nnc3ccc(C(=O)NCc4ccc(C)cc4)cn23)cc1. The van der Waals surface area contributed by atoms with Crippen molar-refractivity contribution >= 4 is 34.9 Å². The molecule has 0 atom stereocenters. The fourth-order valence-electron chi connectivity index (χ4n) is 3.24. The summed E-state index contributed by atoms with van der Waals surface area (Å²) in [6.07, 6.45) is 2.65. The van der Waals surface area contributed by atoms with Crippen LogP contribution in [0.15, 0.2) is 72.0 Å². The summed E-state index contributed by atoms with van der Waals surface area (Å²) in [6, 6.07) is 19.3. The van der Waals surface area contributed by atoms with Crippen LogP contribution in [0.1, 0.15) is 34.0 Å². The van der Waals surface area contributed by atoms with Crippen molar-refractivity contribution in [3.05, 3.63) is 89.1 Å². The number of pyridine rings is 1. The number of fused-ring (bicyclic) bond motifs is 1. The number of benzene rings is 2. The van der Waals surface area contributed by atoms with Gasteiger partial charge in [-0.05, 0) is 48.7 Å². The maximum absolute atomic E-state index is 12.6. The molecule has 0 aliphatic rings. The molecule has 2 N–H and O–H groups in total. The molecular formula is C25H25N5O2S. The van der Waals surface area contributed by atoms with Gasteiger partial charge in [-0.3, -0.25) is 14.0 Å². The minimum absolute atomic E-state index is 0.131. The van der Waals surface area contributed by atoms with Gasteiger partial charge in [-0.2, -0.15) is 0 Å². The van der Waals surface area contributed by atoms with E-state index in [1.165, 1.54) is 22.9 Å². The summed E-state index contributed by atoms with van der Waals surface area (Å²) in [5.41, 5.74) is 5.30. The largest absolute Gasteiger partial charge is 0.348 e. The van der Waals surface area contributed by atoms with Gasteiger partial charge in [0.1, 0.15) is 0 Å². The minimum Gasteiger partial charge on any atom is -0.348 e. The van der Waals surface area contributed by atoms with Gasteiger partial charge in [0.15, 0.2) is 10.8 Å². The Morgan fingerprint density at radius 2 is 1.67 bits per heavy atom. The van der Waals surface area contributed by atoms with Gasteiger partial charge in [-0.15, -0.1) is 10.2 Å². The van der Waals surface area contributed by atoms with Gasteiger partial charge in [0.2, 0.25) is 5.91 Å². The maximum Gasteiger partial charge on any atom is 0.253 e. The first kappa shape index (κ1) is 22.5. The zero-order chi connectivity index (χ0) is 23.2. The normalized spacial score (nSPS) is 10.8. The van der Waals surface area contributed by atoms with Gasteiger partial charge in [0, 0.05) is 18.4 Å². The highest BCUT2D eigenvalue weighted by Crippen LogP contribution is 2.19. The van der Waals surface area contributed by atoms with Gasteiger partial charge >= 0.3 is 0 Å². The Morgan fingerprint density at radius 1 is 0.939 bits per heavy atom. The van der Waals surface area contributed by atoms with Crippen molar-refractivity contribution in [1.29, 1.82) is 0 Å². The lowest BCUT2D eigenvalue weighted by atomic mass is 10.1. The van der Waals surface area contributed by atoms with E-state index in [4.69, 9.17) is 0 Å². The molecule has 2 heterocycles. The molecule has 7 nitrogen and oxygen atoms in total. The molecule has 0 fully saturated rings. The van der Waals surface area contributed by atoms with Crippen molar-refractivity contribution in [2.24, 2.45) is 0 Å². The predicted molar refractivity (Wildman–Crippen MR) is 131 cm³/mol. The summed E-state index contributed by atoms with van der Waals surface area (Å²) in [5, 5.41) is 14.7. The van der Waals surface area contributed by atoms with Crippen molar-refractivity contribution in [2.75, 3.05) is 11.1 Å². The first-order valence-electron chi connectivity index (χ1n) is 10.7. The van der Waals surface area contributed by atoms with Crippen molar-refractivity contribution < 1.29 is 9.59 Å². The number of nitrogens with one attached hydrogen (secondary N) is 2. The van der Waals surface area contributed by atoms with E-state index in [2.05, 4.69) is 27.8 Å². The summed E-state index contributed by atoms with van der Waals surface area (Å²) in [5.74, 6) is -0.136. The third kappa shape index (κ3) is 5.78. The van der Waals surface area contributed by atoms with Gasteiger partial charge in [0.25, 0.3) is 5.91 Å². The average Bonchev–Trinajstić information content (AvgIpc) is 3.25. The van der Waals surface area contributed by atoms with Crippen LogP contribution in [0, 0.1) is 6.92 Å². The van der Waals surface area contributed by atoms with Crippen molar-refractivity contribution in [2.45, 2.75) is 32.0 Å². The number of aryl methyl sites for hydroxylation is 2. The Hall–Kier alpha value is -3.65. The molecule has 2 amide bonds. The maximum atomic E-state index is 12.6. The van der Waals surface area contributed by atoms with Crippen molar-refractivity contribution in [1.82, 2.24) is 19.9 Å². The quantitative estimate of drug-likeness (QED) is 0.385. The smallest absolute Gasteiger partial charge is 0.253 e. The molecule has 0 aliphatic heterocycles. The van der Waals surface area contributed by atoms with E-state index in [9.17, 15) is 9.59 Å². The molecule has 8 heteroatoms. The van der Waals surface area contributed by atoms with Gasteiger partial charge in [-0.25, -0.2) is 0 Å². The molecule has 33 heavy (non-hydrogen) atoms. The topological polar surface area (TPSA) is 88.4 Å². The Labute approximate surface area is 196 Å². The lowest BCUT2D eigenvalue weighted by molar-refractivity contribution is -0.113. The van der Waals surface area contributed by atoms with Crippen LogP contribution in [-0.4, -0.2) is 32.2 Å². The van der Waals surface area contributed by atoms with Crippen molar-refractivity contribution in [3.63, 3.8) is 0 Å². The zero-order valence-corrected chi connectivity index (χ0v) is 19.4. The van der Waals surface area contributed by atoms with Gasteiger partial charge < -0.3 is 10.6 Å². The molecule has 2 aromatic carbocycles. The third-order valence-electron chi connectivity index (χ3n) is 5.19. The highest BCUT2D eigenvalue weighted by atomic mass is 32.2. The van der Waals surface area contributed by atoms with Gasteiger partial charge in [-0.1, -0.05) is 60.6 Å². The molecule has 2 aromatic heterocycles. The fourth-order valence-corrected chi connectivity index (χ4v) is 3.96. The third-order valence-corrected chi connectivity index (χ3v) is 6.13. The number of anilines is 1. The summed E-state index contributed by atoms with van der Waals surface area (Å²) in [4.78, 5) is 25.0. The first-order chi connectivity index (χ1) is 16.0. The molecular weight excluding hydrogens is 434 g/mol. The molecule has 0 unspecified atom stereocenters. The molecule has 168 valence electrons. The molecule has 4 rings (SSSR count). The average molecular weight is 460 g/mol.